The van der Waals surface area contributed by atoms with E-state index in [0.29, 0.717) is 10.9 Å². The fourth-order valence-corrected chi connectivity index (χ4v) is 1.77. The predicted molar refractivity (Wildman–Crippen MR) is 74.5 cm³/mol. The van der Waals surface area contributed by atoms with Crippen molar-refractivity contribution in [2.75, 3.05) is 0 Å². The Balaban J connectivity index is 3.17. The molecule has 1 aromatic heterocycles. The minimum Gasteiger partial charge on any atom is -0.490 e. The number of nitrogens with zero attached hydrogens (tertiary/aromatic N) is 1. The molecular weight excluding hydrogens is 232 g/mol. The lowest BCUT2D eigenvalue weighted by Crippen LogP contribution is -2.22. The quantitative estimate of drug-likeness (QED) is 0.837. The number of ether oxygens (including phenoxy) is 1. The molecule has 0 aliphatic carbocycles. The van der Waals surface area contributed by atoms with Crippen molar-refractivity contribution >= 4 is 17.2 Å². The monoisotopic (exact) mass is 252 g/mol. The first kappa shape index (κ1) is 13.9. The summed E-state index contributed by atoms with van der Waals surface area (Å²) in [7, 11) is 0. The van der Waals surface area contributed by atoms with Gasteiger partial charge >= 0.3 is 0 Å². The Hall–Kier alpha value is -1.16. The fraction of sp³-hybridized carbons (Fsp3) is 0.538. The van der Waals surface area contributed by atoms with Crippen LogP contribution in [0.25, 0.3) is 0 Å². The van der Waals surface area contributed by atoms with E-state index in [1.165, 1.54) is 0 Å². The van der Waals surface area contributed by atoms with Crippen LogP contribution in [0.5, 0.6) is 5.75 Å². The third-order valence-corrected chi connectivity index (χ3v) is 2.99. The van der Waals surface area contributed by atoms with Crippen LogP contribution < -0.4 is 10.5 Å². The third-order valence-electron chi connectivity index (χ3n) is 2.79. The molecule has 0 amide bonds. The van der Waals surface area contributed by atoms with Crippen LogP contribution in [0, 0.1) is 19.8 Å². The summed E-state index contributed by atoms with van der Waals surface area (Å²) in [6.07, 6.45) is 0.115. The van der Waals surface area contributed by atoms with Crippen molar-refractivity contribution in [1.82, 2.24) is 4.98 Å². The van der Waals surface area contributed by atoms with Gasteiger partial charge in [-0.05, 0) is 26.7 Å². The molecule has 4 heteroatoms. The molecule has 0 spiro atoms. The Kier molecular flexibility index (Phi) is 4.46. The van der Waals surface area contributed by atoms with Gasteiger partial charge in [-0.25, -0.2) is 0 Å². The van der Waals surface area contributed by atoms with Gasteiger partial charge in [-0.1, -0.05) is 26.1 Å². The van der Waals surface area contributed by atoms with Crippen molar-refractivity contribution in [2.45, 2.75) is 40.7 Å². The number of aromatic nitrogens is 1. The lowest BCUT2D eigenvalue weighted by Gasteiger charge is -2.21. The van der Waals surface area contributed by atoms with Crippen molar-refractivity contribution in [3.05, 3.63) is 23.0 Å². The molecule has 17 heavy (non-hydrogen) atoms. The summed E-state index contributed by atoms with van der Waals surface area (Å²) in [5.41, 5.74) is 8.21. The SMILES string of the molecule is Cc1cc(OC(C)C(C)C)c(C(N)=S)c(C)n1. The zero-order chi connectivity index (χ0) is 13.2. The number of rotatable bonds is 4. The van der Waals surface area contributed by atoms with Gasteiger partial charge in [0.15, 0.2) is 0 Å². The van der Waals surface area contributed by atoms with Crippen molar-refractivity contribution in [2.24, 2.45) is 11.7 Å². The summed E-state index contributed by atoms with van der Waals surface area (Å²) < 4.78 is 5.92. The zero-order valence-corrected chi connectivity index (χ0v) is 11.9. The Morgan fingerprint density at radius 2 is 1.94 bits per heavy atom. The van der Waals surface area contributed by atoms with Crippen LogP contribution >= 0.6 is 12.2 Å². The topological polar surface area (TPSA) is 48.1 Å². The molecular formula is C13H20N2OS. The van der Waals surface area contributed by atoms with E-state index in [0.717, 1.165) is 22.7 Å². The fourth-order valence-electron chi connectivity index (χ4n) is 1.52. The van der Waals surface area contributed by atoms with E-state index < -0.39 is 0 Å². The molecule has 3 nitrogen and oxygen atoms in total. The molecule has 0 saturated heterocycles. The second kappa shape index (κ2) is 5.45. The van der Waals surface area contributed by atoms with Crippen molar-refractivity contribution in [3.8, 4) is 5.75 Å². The van der Waals surface area contributed by atoms with Crippen LogP contribution in [0.3, 0.4) is 0 Å². The van der Waals surface area contributed by atoms with Crippen molar-refractivity contribution in [3.63, 3.8) is 0 Å². The molecule has 1 unspecified atom stereocenters. The van der Waals surface area contributed by atoms with E-state index in [4.69, 9.17) is 22.7 Å². The maximum Gasteiger partial charge on any atom is 0.133 e. The highest BCUT2D eigenvalue weighted by atomic mass is 32.1. The highest BCUT2D eigenvalue weighted by molar-refractivity contribution is 7.80. The number of aryl methyl sites for hydroxylation is 2. The predicted octanol–water partition coefficient (Wildman–Crippen LogP) is 2.76. The molecule has 1 atom stereocenters. The average molecular weight is 252 g/mol. The van der Waals surface area contributed by atoms with Gasteiger partial charge in [0.2, 0.25) is 0 Å². The first-order valence-corrected chi connectivity index (χ1v) is 6.18. The van der Waals surface area contributed by atoms with E-state index in [2.05, 4.69) is 18.8 Å². The van der Waals surface area contributed by atoms with Gasteiger partial charge in [-0.2, -0.15) is 0 Å². The largest absolute Gasteiger partial charge is 0.490 e. The molecule has 2 N–H and O–H groups in total. The maximum absolute atomic E-state index is 5.92. The Labute approximate surface area is 108 Å². The van der Waals surface area contributed by atoms with Gasteiger partial charge in [-0.15, -0.1) is 0 Å². The number of nitrogens with two attached hydrogens (primary N) is 1. The van der Waals surface area contributed by atoms with Gasteiger partial charge in [0.05, 0.1) is 17.4 Å². The molecule has 94 valence electrons. The third kappa shape index (κ3) is 3.40. The second-order valence-electron chi connectivity index (χ2n) is 4.65. The second-order valence-corrected chi connectivity index (χ2v) is 5.09. The molecule has 0 aliphatic heterocycles. The Bertz CT molecular complexity index is 430. The lowest BCUT2D eigenvalue weighted by atomic mass is 10.1. The maximum atomic E-state index is 5.92. The van der Waals surface area contributed by atoms with Gasteiger partial charge in [0.25, 0.3) is 0 Å². The number of hydrogen-bond acceptors (Lipinski definition) is 3. The van der Waals surface area contributed by atoms with Gasteiger partial charge in [-0.3, -0.25) is 4.98 Å². The molecule has 0 aromatic carbocycles. The van der Waals surface area contributed by atoms with Crippen LogP contribution in [0.15, 0.2) is 6.07 Å². The summed E-state index contributed by atoms with van der Waals surface area (Å²) in [5.74, 6) is 1.17. The molecule has 0 bridgehead atoms. The van der Waals surface area contributed by atoms with E-state index >= 15 is 0 Å². The molecule has 1 heterocycles. The summed E-state index contributed by atoms with van der Waals surface area (Å²) >= 11 is 5.06. The first-order chi connectivity index (χ1) is 7.82. The van der Waals surface area contributed by atoms with E-state index in [1.807, 2.05) is 26.8 Å². The number of thiocarbonyl (C=S) groups is 1. The number of hydrogen-bond donors (Lipinski definition) is 1. The normalized spacial score (nSPS) is 12.6. The number of pyridine rings is 1. The minimum absolute atomic E-state index is 0.115. The zero-order valence-electron chi connectivity index (χ0n) is 11.1. The van der Waals surface area contributed by atoms with E-state index in [1.54, 1.807) is 0 Å². The van der Waals surface area contributed by atoms with Crippen molar-refractivity contribution in [1.29, 1.82) is 0 Å². The van der Waals surface area contributed by atoms with Crippen LogP contribution in [0.1, 0.15) is 37.7 Å². The van der Waals surface area contributed by atoms with Gasteiger partial charge < -0.3 is 10.5 Å². The molecule has 0 radical (unpaired) electrons. The van der Waals surface area contributed by atoms with Gasteiger partial charge in [0.1, 0.15) is 10.7 Å². The van der Waals surface area contributed by atoms with E-state index in [9.17, 15) is 0 Å². The standard InChI is InChI=1S/C13H20N2OS/c1-7(2)10(5)16-11-6-8(3)15-9(4)12(11)13(14)17/h6-7,10H,1-5H3,(H2,14,17). The highest BCUT2D eigenvalue weighted by Crippen LogP contribution is 2.24. The summed E-state index contributed by atoms with van der Waals surface area (Å²) in [4.78, 5) is 4.69. The summed E-state index contributed by atoms with van der Waals surface area (Å²) in [6, 6.07) is 1.89. The van der Waals surface area contributed by atoms with Crippen molar-refractivity contribution < 1.29 is 4.74 Å². The van der Waals surface area contributed by atoms with Crippen LogP contribution in [-0.4, -0.2) is 16.1 Å². The molecule has 1 aromatic rings. The summed E-state index contributed by atoms with van der Waals surface area (Å²) in [5, 5.41) is 0. The molecule has 0 saturated carbocycles. The smallest absolute Gasteiger partial charge is 0.133 e. The van der Waals surface area contributed by atoms with Gasteiger partial charge in [0, 0.05) is 11.8 Å². The lowest BCUT2D eigenvalue weighted by molar-refractivity contribution is 0.170. The average Bonchev–Trinajstić information content (AvgIpc) is 2.14. The van der Waals surface area contributed by atoms with Crippen LogP contribution in [0.2, 0.25) is 0 Å². The minimum atomic E-state index is 0.115. The van der Waals surface area contributed by atoms with Crippen LogP contribution in [-0.2, 0) is 0 Å². The Morgan fingerprint density at radius 3 is 2.41 bits per heavy atom. The highest BCUT2D eigenvalue weighted by Gasteiger charge is 2.16. The molecule has 0 aliphatic rings. The van der Waals surface area contributed by atoms with E-state index in [-0.39, 0.29) is 6.10 Å². The molecule has 0 fully saturated rings. The Morgan fingerprint density at radius 1 is 1.35 bits per heavy atom. The molecule has 1 rings (SSSR count). The summed E-state index contributed by atoms with van der Waals surface area (Å²) in [6.45, 7) is 10.1. The van der Waals surface area contributed by atoms with Crippen LogP contribution in [0.4, 0.5) is 0 Å². The first-order valence-electron chi connectivity index (χ1n) is 5.77.